The molecule has 1 saturated heterocycles. The van der Waals surface area contributed by atoms with Crippen molar-refractivity contribution in [2.75, 3.05) is 37.6 Å². The largest absolute Gasteiger partial charge is 0.492 e. The molecule has 8 nitrogen and oxygen atoms in total. The SMILES string of the molecule is O=C(O)CN1CCN(c2nc(O)c(C(Cc3ccc(C(F)(F)F)cc3C(F)(F)F)=c3ccc4c(c3)C=NN=4)s2)CC1. The Labute approximate surface area is 232 Å². The third-order valence-corrected chi connectivity index (χ3v) is 7.89. The minimum Gasteiger partial charge on any atom is -0.492 e. The number of rotatable bonds is 6. The molecule has 0 radical (unpaired) electrons. The standard InChI is InChI=1S/C26H21F6N5O3S/c27-25(28,29)17-3-1-15(19(11-17)26(30,31)32)10-18(14-2-4-20-16(9-14)12-33-35-20)22-23(40)34-24(41-22)37-7-5-36(6-8-37)13-21(38)39/h1-4,9,11-12,40H,5-8,10,13H2,(H,38,39). The van der Waals surface area contributed by atoms with Gasteiger partial charge in [-0.1, -0.05) is 23.5 Å². The van der Waals surface area contributed by atoms with Gasteiger partial charge in [0.2, 0.25) is 5.88 Å². The molecule has 0 aliphatic carbocycles. The summed E-state index contributed by atoms with van der Waals surface area (Å²) < 4.78 is 81.7. The Bertz CT molecular complexity index is 1640. The van der Waals surface area contributed by atoms with Crippen LogP contribution in [0.4, 0.5) is 31.5 Å². The minimum absolute atomic E-state index is 0.0930. The van der Waals surface area contributed by atoms with Gasteiger partial charge in [0.25, 0.3) is 0 Å². The lowest BCUT2D eigenvalue weighted by atomic mass is 9.94. The zero-order chi connectivity index (χ0) is 29.5. The number of halogens is 6. The molecule has 0 amide bonds. The lowest BCUT2D eigenvalue weighted by Gasteiger charge is -2.33. The number of aliphatic carboxylic acids is 1. The van der Waals surface area contributed by atoms with Crippen LogP contribution in [0.3, 0.4) is 0 Å². The van der Waals surface area contributed by atoms with E-state index in [1.165, 1.54) is 6.21 Å². The first-order valence-electron chi connectivity index (χ1n) is 12.2. The van der Waals surface area contributed by atoms with Crippen LogP contribution in [0, 0.1) is 0 Å². The van der Waals surface area contributed by atoms with Gasteiger partial charge in [-0.15, -0.1) is 0 Å². The number of aromatic nitrogens is 1. The molecule has 1 aromatic heterocycles. The Morgan fingerprint density at radius 2 is 1.71 bits per heavy atom. The Balaban J connectivity index is 1.58. The van der Waals surface area contributed by atoms with Crippen LogP contribution < -0.4 is 15.5 Å². The molecule has 216 valence electrons. The lowest BCUT2D eigenvalue weighted by molar-refractivity contribution is -0.143. The maximum atomic E-state index is 14.0. The lowest BCUT2D eigenvalue weighted by Crippen LogP contribution is -2.47. The van der Waals surface area contributed by atoms with Gasteiger partial charge in [0.15, 0.2) is 5.13 Å². The summed E-state index contributed by atoms with van der Waals surface area (Å²) >= 11 is 1.03. The summed E-state index contributed by atoms with van der Waals surface area (Å²) in [5.41, 5.74) is -2.45. The number of carbonyl (C=O) groups is 1. The summed E-state index contributed by atoms with van der Waals surface area (Å²) in [6.45, 7) is 1.54. The second kappa shape index (κ2) is 10.8. The monoisotopic (exact) mass is 597 g/mol. The van der Waals surface area contributed by atoms with Gasteiger partial charge in [-0.05, 0) is 40.6 Å². The number of nitrogens with zero attached hydrogens (tertiary/aromatic N) is 5. The summed E-state index contributed by atoms with van der Waals surface area (Å²) in [4.78, 5) is 19.0. The second-order valence-electron chi connectivity index (χ2n) is 9.45. The molecule has 3 aromatic rings. The molecule has 5 rings (SSSR count). The van der Waals surface area contributed by atoms with Crippen molar-refractivity contribution < 1.29 is 41.4 Å². The number of benzene rings is 2. The Kier molecular flexibility index (Phi) is 7.50. The predicted octanol–water partition coefficient (Wildman–Crippen LogP) is 3.50. The molecule has 0 saturated carbocycles. The fourth-order valence-electron chi connectivity index (χ4n) is 4.69. The first-order valence-corrected chi connectivity index (χ1v) is 13.0. The smallest absolute Gasteiger partial charge is 0.416 e. The molecule has 3 heterocycles. The molecule has 41 heavy (non-hydrogen) atoms. The van der Waals surface area contributed by atoms with Crippen molar-refractivity contribution >= 4 is 34.2 Å². The number of thiazole rings is 1. The van der Waals surface area contributed by atoms with Crippen molar-refractivity contribution in [3.8, 4) is 5.88 Å². The van der Waals surface area contributed by atoms with Crippen molar-refractivity contribution in [2.45, 2.75) is 18.8 Å². The predicted molar refractivity (Wildman–Crippen MR) is 138 cm³/mol. The Morgan fingerprint density at radius 3 is 2.37 bits per heavy atom. The maximum Gasteiger partial charge on any atom is 0.416 e. The molecule has 1 fully saturated rings. The zero-order valence-electron chi connectivity index (χ0n) is 21.0. The number of piperazine rings is 1. The van der Waals surface area contributed by atoms with Crippen molar-refractivity contribution in [3.63, 3.8) is 0 Å². The summed E-state index contributed by atoms with van der Waals surface area (Å²) in [6, 6.07) is 6.33. The number of carboxylic acid groups (broad SMARTS) is 1. The summed E-state index contributed by atoms with van der Waals surface area (Å²) in [5.74, 6) is -1.40. The first kappa shape index (κ1) is 28.5. The molecule has 2 aromatic carbocycles. The first-order chi connectivity index (χ1) is 19.3. The molecule has 15 heteroatoms. The van der Waals surface area contributed by atoms with Crippen LogP contribution >= 0.6 is 11.3 Å². The number of fused-ring (bicyclic) bond motifs is 1. The third-order valence-electron chi connectivity index (χ3n) is 6.72. The van der Waals surface area contributed by atoms with Crippen LogP contribution in [0.25, 0.3) is 5.57 Å². The molecule has 0 atom stereocenters. The molecule has 0 bridgehead atoms. The number of anilines is 1. The van der Waals surface area contributed by atoms with Gasteiger partial charge in [0.1, 0.15) is 0 Å². The van der Waals surface area contributed by atoms with Gasteiger partial charge < -0.3 is 15.1 Å². The van der Waals surface area contributed by atoms with Crippen LogP contribution in [0.5, 0.6) is 5.88 Å². The Morgan fingerprint density at radius 1 is 0.976 bits per heavy atom. The van der Waals surface area contributed by atoms with E-state index in [0.717, 1.165) is 17.4 Å². The second-order valence-corrected chi connectivity index (χ2v) is 10.4. The van der Waals surface area contributed by atoms with Gasteiger partial charge in [-0.3, -0.25) is 9.69 Å². The molecule has 2 aliphatic heterocycles. The highest BCUT2D eigenvalue weighted by Crippen LogP contribution is 2.41. The van der Waals surface area contributed by atoms with Crippen LogP contribution in [0.2, 0.25) is 0 Å². The highest BCUT2D eigenvalue weighted by Gasteiger charge is 2.38. The van der Waals surface area contributed by atoms with Crippen LogP contribution in [-0.4, -0.2) is 65.0 Å². The molecule has 2 aliphatic rings. The highest BCUT2D eigenvalue weighted by molar-refractivity contribution is 7.17. The molecule has 0 unspecified atom stereocenters. The van der Waals surface area contributed by atoms with Gasteiger partial charge in [0.05, 0.1) is 34.1 Å². The molecule has 2 N–H and O–H groups in total. The van der Waals surface area contributed by atoms with Crippen molar-refractivity contribution in [2.24, 2.45) is 10.2 Å². The van der Waals surface area contributed by atoms with Gasteiger partial charge in [0, 0.05) is 38.2 Å². The number of alkyl halides is 6. The van der Waals surface area contributed by atoms with E-state index in [0.29, 0.717) is 53.5 Å². The average Bonchev–Trinajstić information content (AvgIpc) is 3.52. The number of carboxylic acids is 1. The van der Waals surface area contributed by atoms with E-state index in [1.807, 2.05) is 4.90 Å². The van der Waals surface area contributed by atoms with Crippen LogP contribution in [-0.2, 0) is 23.6 Å². The van der Waals surface area contributed by atoms with Crippen LogP contribution in [0.15, 0.2) is 46.6 Å². The number of aromatic hydroxyl groups is 1. The summed E-state index contributed by atoms with van der Waals surface area (Å²) in [5, 5.41) is 29.0. The maximum absolute atomic E-state index is 14.0. The van der Waals surface area contributed by atoms with Crippen LogP contribution in [0.1, 0.15) is 27.1 Å². The van der Waals surface area contributed by atoms with E-state index >= 15 is 0 Å². The fourth-order valence-corrected chi connectivity index (χ4v) is 5.76. The quantitative estimate of drug-likeness (QED) is 0.422. The van der Waals surface area contributed by atoms with E-state index in [4.69, 9.17) is 5.11 Å². The topological polar surface area (TPSA) is 102 Å². The zero-order valence-corrected chi connectivity index (χ0v) is 21.8. The van der Waals surface area contributed by atoms with E-state index in [1.54, 1.807) is 23.1 Å². The number of hydrogen-bond acceptors (Lipinski definition) is 8. The fraction of sp³-hybridized carbons (Fsp3) is 0.308. The van der Waals surface area contributed by atoms with E-state index in [-0.39, 0.29) is 23.1 Å². The third kappa shape index (κ3) is 6.20. The number of hydrogen-bond donors (Lipinski definition) is 2. The van der Waals surface area contributed by atoms with Gasteiger partial charge in [-0.2, -0.15) is 41.5 Å². The van der Waals surface area contributed by atoms with Gasteiger partial charge >= 0.3 is 18.3 Å². The molecular weight excluding hydrogens is 576 g/mol. The molecular formula is C26H21F6N5O3S. The van der Waals surface area contributed by atoms with Crippen molar-refractivity contribution in [1.82, 2.24) is 9.88 Å². The van der Waals surface area contributed by atoms with E-state index in [2.05, 4.69) is 15.2 Å². The Hall–Kier alpha value is -3.98. The van der Waals surface area contributed by atoms with E-state index < -0.39 is 47.3 Å². The average molecular weight is 598 g/mol. The van der Waals surface area contributed by atoms with Gasteiger partial charge in [-0.25, -0.2) is 0 Å². The molecule has 0 spiro atoms. The van der Waals surface area contributed by atoms with Crippen molar-refractivity contribution in [3.05, 3.63) is 74.1 Å². The minimum atomic E-state index is -5.07. The highest BCUT2D eigenvalue weighted by atomic mass is 32.1. The van der Waals surface area contributed by atoms with E-state index in [9.17, 15) is 36.2 Å². The normalized spacial score (nSPS) is 16.5. The van der Waals surface area contributed by atoms with Crippen molar-refractivity contribution in [1.29, 1.82) is 0 Å². The summed E-state index contributed by atoms with van der Waals surface area (Å²) in [7, 11) is 0. The summed E-state index contributed by atoms with van der Waals surface area (Å²) in [6.07, 6.45) is -9.03.